The van der Waals surface area contributed by atoms with Gasteiger partial charge in [0.2, 0.25) is 0 Å². The molecule has 0 radical (unpaired) electrons. The average molecular weight is 216 g/mol. The lowest BCUT2D eigenvalue weighted by atomic mass is 10.5. The Morgan fingerprint density at radius 3 is 1.87 bits per heavy atom. The Morgan fingerprint density at radius 1 is 1.13 bits per heavy atom. The Bertz CT molecular complexity index is 255. The monoisotopic (exact) mass is 216 g/mol. The second-order valence-corrected chi connectivity index (χ2v) is 2.06. The number of aliphatic carboxylic acids is 2. The highest BCUT2D eigenvalue weighted by atomic mass is 16.5. The zero-order valence-corrected chi connectivity index (χ0v) is 8.01. The number of carbonyl (C=O) groups is 3. The van der Waals surface area contributed by atoms with Gasteiger partial charge in [-0.1, -0.05) is 13.2 Å². The molecule has 0 amide bonds. The molecule has 6 heteroatoms. The first-order valence-corrected chi connectivity index (χ1v) is 3.80. The summed E-state index contributed by atoms with van der Waals surface area (Å²) in [5.41, 5.74) is 0. The summed E-state index contributed by atoms with van der Waals surface area (Å²) in [6.07, 6.45) is 1.65. The van der Waals surface area contributed by atoms with Crippen LogP contribution in [-0.2, 0) is 19.1 Å². The number of esters is 1. The highest BCUT2D eigenvalue weighted by Crippen LogP contribution is 1.83. The number of rotatable bonds is 5. The van der Waals surface area contributed by atoms with Gasteiger partial charge in [-0.3, -0.25) is 4.79 Å². The summed E-state index contributed by atoms with van der Waals surface area (Å²) in [7, 11) is 0. The third-order valence-corrected chi connectivity index (χ3v) is 0.902. The second kappa shape index (κ2) is 9.97. The van der Waals surface area contributed by atoms with Gasteiger partial charge in [0.15, 0.2) is 0 Å². The molecule has 0 saturated carbocycles. The fraction of sp³-hybridized carbons (Fsp3) is 0.222. The lowest BCUT2D eigenvalue weighted by molar-refractivity contribution is -0.142. The summed E-state index contributed by atoms with van der Waals surface area (Å²) in [5.74, 6) is -2.57. The van der Waals surface area contributed by atoms with E-state index in [1.807, 2.05) is 0 Å². The Morgan fingerprint density at radius 2 is 1.60 bits per heavy atom. The molecular weight excluding hydrogens is 204 g/mol. The summed E-state index contributed by atoms with van der Waals surface area (Å²) in [5, 5.41) is 15.7. The van der Waals surface area contributed by atoms with Crippen LogP contribution < -0.4 is 0 Å². The Labute approximate surface area is 86.5 Å². The molecule has 6 nitrogen and oxygen atoms in total. The highest BCUT2D eigenvalue weighted by molar-refractivity contribution is 5.81. The van der Waals surface area contributed by atoms with Crippen LogP contribution in [0, 0.1) is 0 Å². The summed E-state index contributed by atoms with van der Waals surface area (Å²) in [4.78, 5) is 29.4. The van der Waals surface area contributed by atoms with Crippen LogP contribution in [0.15, 0.2) is 25.3 Å². The maximum absolute atomic E-state index is 10.3. The van der Waals surface area contributed by atoms with Crippen molar-refractivity contribution in [1.29, 1.82) is 0 Å². The van der Waals surface area contributed by atoms with E-state index in [-0.39, 0.29) is 13.0 Å². The quantitative estimate of drug-likeness (QED) is 0.511. The molecule has 0 aromatic carbocycles. The predicted octanol–water partition coefficient (Wildman–Crippen LogP) is 0.447. The van der Waals surface area contributed by atoms with Gasteiger partial charge in [0, 0.05) is 12.2 Å². The molecule has 0 fully saturated rings. The largest absolute Gasteiger partial charge is 0.481 e. The molecule has 0 rings (SSSR count). The topological polar surface area (TPSA) is 101 Å². The van der Waals surface area contributed by atoms with E-state index in [0.29, 0.717) is 0 Å². The fourth-order valence-corrected chi connectivity index (χ4v) is 0.298. The van der Waals surface area contributed by atoms with Crippen molar-refractivity contribution >= 4 is 17.9 Å². The van der Waals surface area contributed by atoms with Crippen molar-refractivity contribution in [1.82, 2.24) is 0 Å². The first-order chi connectivity index (χ1) is 6.93. The first-order valence-electron chi connectivity index (χ1n) is 3.80. The van der Waals surface area contributed by atoms with Gasteiger partial charge >= 0.3 is 17.9 Å². The van der Waals surface area contributed by atoms with Crippen molar-refractivity contribution in [2.75, 3.05) is 6.61 Å². The van der Waals surface area contributed by atoms with Gasteiger partial charge in [0.25, 0.3) is 0 Å². The summed E-state index contributed by atoms with van der Waals surface area (Å²) >= 11 is 0. The SMILES string of the molecule is C=CC(=O)O.C=CC(=O)OCCC(=O)O. The van der Waals surface area contributed by atoms with E-state index >= 15 is 0 Å². The Kier molecular flexibility index (Phi) is 10.2. The third-order valence-electron chi connectivity index (χ3n) is 0.902. The number of carboxylic acid groups (broad SMARTS) is 2. The number of carbonyl (C=O) groups excluding carboxylic acids is 1. The van der Waals surface area contributed by atoms with Crippen molar-refractivity contribution < 1.29 is 29.3 Å². The van der Waals surface area contributed by atoms with E-state index in [1.54, 1.807) is 0 Å². The molecule has 84 valence electrons. The molecule has 0 aromatic heterocycles. The van der Waals surface area contributed by atoms with Gasteiger partial charge in [0.1, 0.15) is 6.61 Å². The molecule has 0 bridgehead atoms. The molecular formula is C9H12O6. The summed E-state index contributed by atoms with van der Waals surface area (Å²) < 4.78 is 4.36. The summed E-state index contributed by atoms with van der Waals surface area (Å²) in [6, 6.07) is 0. The van der Waals surface area contributed by atoms with Crippen molar-refractivity contribution in [2.24, 2.45) is 0 Å². The van der Waals surface area contributed by atoms with Crippen LogP contribution in [0.2, 0.25) is 0 Å². The number of hydrogen-bond acceptors (Lipinski definition) is 4. The third kappa shape index (κ3) is 18.7. The fourth-order valence-electron chi connectivity index (χ4n) is 0.298. The molecule has 0 aliphatic carbocycles. The lowest BCUT2D eigenvalue weighted by Crippen LogP contribution is -2.06. The maximum atomic E-state index is 10.3. The predicted molar refractivity (Wildman–Crippen MR) is 51.2 cm³/mol. The van der Waals surface area contributed by atoms with Gasteiger partial charge in [-0.15, -0.1) is 0 Å². The van der Waals surface area contributed by atoms with Crippen molar-refractivity contribution in [3.05, 3.63) is 25.3 Å². The second-order valence-electron chi connectivity index (χ2n) is 2.06. The molecule has 0 heterocycles. The lowest BCUT2D eigenvalue weighted by Gasteiger charge is -1.96. The molecule has 2 N–H and O–H groups in total. The van der Waals surface area contributed by atoms with E-state index < -0.39 is 17.9 Å². The van der Waals surface area contributed by atoms with E-state index in [9.17, 15) is 14.4 Å². The minimum atomic E-state index is -0.989. The maximum Gasteiger partial charge on any atom is 0.330 e. The molecule has 0 aliphatic rings. The van der Waals surface area contributed by atoms with E-state index in [0.717, 1.165) is 12.2 Å². The summed E-state index contributed by atoms with van der Waals surface area (Å²) in [6.45, 7) is 6.00. The molecule has 0 saturated heterocycles. The zero-order chi connectivity index (χ0) is 12.3. The zero-order valence-electron chi connectivity index (χ0n) is 8.01. The first kappa shape index (κ1) is 15.4. The van der Waals surface area contributed by atoms with Gasteiger partial charge in [-0.2, -0.15) is 0 Å². The number of carboxylic acids is 2. The van der Waals surface area contributed by atoms with E-state index in [2.05, 4.69) is 17.9 Å². The van der Waals surface area contributed by atoms with Crippen LogP contribution in [0.5, 0.6) is 0 Å². The number of hydrogen-bond donors (Lipinski definition) is 2. The molecule has 0 aromatic rings. The molecule has 0 aliphatic heterocycles. The standard InChI is InChI=1S/C6H8O4.C3H4O2/c1-2-6(9)10-4-3-5(7)8;1-2-3(4)5/h2H,1,3-4H2,(H,7,8);2H,1H2,(H,4,5). The molecule has 0 atom stereocenters. The van der Waals surface area contributed by atoms with E-state index in [4.69, 9.17) is 10.2 Å². The van der Waals surface area contributed by atoms with Crippen LogP contribution in [0.1, 0.15) is 6.42 Å². The van der Waals surface area contributed by atoms with Gasteiger partial charge < -0.3 is 14.9 Å². The molecule has 15 heavy (non-hydrogen) atoms. The van der Waals surface area contributed by atoms with Crippen LogP contribution in [-0.4, -0.2) is 34.7 Å². The van der Waals surface area contributed by atoms with Crippen LogP contribution in [0.25, 0.3) is 0 Å². The Hall–Kier alpha value is -2.11. The van der Waals surface area contributed by atoms with Crippen molar-refractivity contribution in [3.63, 3.8) is 0 Å². The van der Waals surface area contributed by atoms with Crippen molar-refractivity contribution in [3.8, 4) is 0 Å². The van der Waals surface area contributed by atoms with Crippen molar-refractivity contribution in [2.45, 2.75) is 6.42 Å². The van der Waals surface area contributed by atoms with Gasteiger partial charge in [-0.25, -0.2) is 9.59 Å². The van der Waals surface area contributed by atoms with E-state index in [1.165, 1.54) is 0 Å². The Balaban J connectivity index is 0. The van der Waals surface area contributed by atoms with Gasteiger partial charge in [-0.05, 0) is 0 Å². The average Bonchev–Trinajstić information content (AvgIpc) is 2.17. The van der Waals surface area contributed by atoms with Crippen LogP contribution >= 0.6 is 0 Å². The molecule has 0 unspecified atom stereocenters. The normalized spacial score (nSPS) is 7.73. The molecule has 0 spiro atoms. The van der Waals surface area contributed by atoms with Crippen LogP contribution in [0.3, 0.4) is 0 Å². The highest BCUT2D eigenvalue weighted by Gasteiger charge is 1.98. The minimum absolute atomic E-state index is 0.0970. The smallest absolute Gasteiger partial charge is 0.330 e. The van der Waals surface area contributed by atoms with Gasteiger partial charge in [0.05, 0.1) is 6.42 Å². The van der Waals surface area contributed by atoms with Crippen LogP contribution in [0.4, 0.5) is 0 Å². The number of ether oxygens (including phenoxy) is 1. The minimum Gasteiger partial charge on any atom is -0.481 e.